The lowest BCUT2D eigenvalue weighted by atomic mass is 10.2. The predicted molar refractivity (Wildman–Crippen MR) is 43.7 cm³/mol. The number of rotatable bonds is 3. The van der Waals surface area contributed by atoms with Crippen molar-refractivity contribution in [2.75, 3.05) is 13.7 Å². The Morgan fingerprint density at radius 2 is 2.42 bits per heavy atom. The maximum atomic E-state index is 11.0. The minimum Gasteiger partial charge on any atom is -0.391 e. The van der Waals surface area contributed by atoms with Crippen LogP contribution in [-0.2, 0) is 9.53 Å². The minimum absolute atomic E-state index is 0.0624. The molecule has 0 saturated heterocycles. The Labute approximate surface area is 71.9 Å². The molecule has 1 aliphatic rings. The molecule has 0 aromatic carbocycles. The second-order valence-electron chi connectivity index (χ2n) is 3.11. The minimum atomic E-state index is -0.370. The van der Waals surface area contributed by atoms with Crippen LogP contribution in [0.1, 0.15) is 19.3 Å². The fourth-order valence-corrected chi connectivity index (χ4v) is 1.49. The Morgan fingerprint density at radius 3 is 2.92 bits per heavy atom. The molecule has 1 aliphatic carbocycles. The molecule has 1 amide bonds. The van der Waals surface area contributed by atoms with Crippen LogP contribution in [0.5, 0.6) is 0 Å². The monoisotopic (exact) mass is 173 g/mol. The molecule has 4 heteroatoms. The molecular weight excluding hydrogens is 158 g/mol. The van der Waals surface area contributed by atoms with Crippen LogP contribution >= 0.6 is 0 Å². The molecule has 2 N–H and O–H groups in total. The van der Waals surface area contributed by atoms with Gasteiger partial charge in [0.25, 0.3) is 0 Å². The average Bonchev–Trinajstić information content (AvgIpc) is 2.37. The fourth-order valence-electron chi connectivity index (χ4n) is 1.49. The van der Waals surface area contributed by atoms with Gasteiger partial charge in [-0.1, -0.05) is 0 Å². The summed E-state index contributed by atoms with van der Waals surface area (Å²) >= 11 is 0. The number of ether oxygens (including phenoxy) is 1. The van der Waals surface area contributed by atoms with E-state index in [4.69, 9.17) is 0 Å². The Bertz CT molecular complexity index is 160. The number of hydrogen-bond acceptors (Lipinski definition) is 3. The lowest BCUT2D eigenvalue weighted by Gasteiger charge is -2.15. The maximum Gasteiger partial charge on any atom is 0.246 e. The topological polar surface area (TPSA) is 58.6 Å². The Balaban J connectivity index is 2.25. The third kappa shape index (κ3) is 2.46. The highest BCUT2D eigenvalue weighted by Gasteiger charge is 2.26. The molecule has 0 spiro atoms. The van der Waals surface area contributed by atoms with Gasteiger partial charge in [0.1, 0.15) is 6.61 Å². The first-order valence-electron chi connectivity index (χ1n) is 4.20. The third-order valence-corrected chi connectivity index (χ3v) is 2.10. The van der Waals surface area contributed by atoms with Crippen molar-refractivity contribution in [2.24, 2.45) is 0 Å². The molecule has 0 bridgehead atoms. The average molecular weight is 173 g/mol. The number of carbonyl (C=O) groups is 1. The number of hydrogen-bond donors (Lipinski definition) is 2. The van der Waals surface area contributed by atoms with Crippen molar-refractivity contribution < 1.29 is 14.6 Å². The predicted octanol–water partition coefficient (Wildman–Crippen LogP) is -0.338. The van der Waals surface area contributed by atoms with Crippen molar-refractivity contribution >= 4 is 5.91 Å². The highest BCUT2D eigenvalue weighted by atomic mass is 16.5. The van der Waals surface area contributed by atoms with Gasteiger partial charge in [-0.25, -0.2) is 0 Å². The summed E-state index contributed by atoms with van der Waals surface area (Å²) in [5, 5.41) is 12.1. The summed E-state index contributed by atoms with van der Waals surface area (Å²) in [6.45, 7) is 0.0726. The van der Waals surface area contributed by atoms with Crippen LogP contribution < -0.4 is 5.32 Å². The lowest BCUT2D eigenvalue weighted by Crippen LogP contribution is -2.41. The summed E-state index contributed by atoms with van der Waals surface area (Å²) in [4.78, 5) is 11.0. The van der Waals surface area contributed by atoms with Crippen LogP contribution in [0.2, 0.25) is 0 Å². The summed E-state index contributed by atoms with van der Waals surface area (Å²) in [5.74, 6) is -0.150. The number of aliphatic hydroxyl groups is 1. The Hall–Kier alpha value is -0.610. The largest absolute Gasteiger partial charge is 0.391 e. The highest BCUT2D eigenvalue weighted by Crippen LogP contribution is 2.18. The molecular formula is C8H15NO3. The molecule has 0 aromatic heterocycles. The van der Waals surface area contributed by atoms with E-state index < -0.39 is 0 Å². The van der Waals surface area contributed by atoms with E-state index in [9.17, 15) is 9.90 Å². The van der Waals surface area contributed by atoms with Gasteiger partial charge in [-0.05, 0) is 19.3 Å². The van der Waals surface area contributed by atoms with Gasteiger partial charge in [-0.2, -0.15) is 0 Å². The molecule has 70 valence electrons. The summed E-state index contributed by atoms with van der Waals surface area (Å²) in [6, 6.07) is -0.0624. The van der Waals surface area contributed by atoms with E-state index in [-0.39, 0.29) is 24.7 Å². The zero-order chi connectivity index (χ0) is 8.97. The first kappa shape index (κ1) is 9.48. The normalized spacial score (nSPS) is 28.8. The number of methoxy groups -OCH3 is 1. The molecule has 1 unspecified atom stereocenters. The Morgan fingerprint density at radius 1 is 1.67 bits per heavy atom. The van der Waals surface area contributed by atoms with Crippen LogP contribution in [-0.4, -0.2) is 36.9 Å². The van der Waals surface area contributed by atoms with Gasteiger partial charge >= 0.3 is 0 Å². The van der Waals surface area contributed by atoms with Gasteiger partial charge in [0.05, 0.1) is 12.1 Å². The van der Waals surface area contributed by atoms with Crippen molar-refractivity contribution in [1.82, 2.24) is 5.32 Å². The molecule has 12 heavy (non-hydrogen) atoms. The van der Waals surface area contributed by atoms with E-state index in [1.54, 1.807) is 0 Å². The van der Waals surface area contributed by atoms with E-state index >= 15 is 0 Å². The zero-order valence-electron chi connectivity index (χ0n) is 7.25. The van der Waals surface area contributed by atoms with Crippen LogP contribution in [0.25, 0.3) is 0 Å². The van der Waals surface area contributed by atoms with E-state index in [1.165, 1.54) is 7.11 Å². The molecule has 1 saturated carbocycles. The maximum absolute atomic E-state index is 11.0. The Kier molecular flexibility index (Phi) is 3.49. The summed E-state index contributed by atoms with van der Waals surface area (Å²) in [5.41, 5.74) is 0. The number of aliphatic hydroxyl groups excluding tert-OH is 1. The zero-order valence-corrected chi connectivity index (χ0v) is 7.25. The number of carbonyl (C=O) groups excluding carboxylic acids is 1. The third-order valence-electron chi connectivity index (χ3n) is 2.10. The first-order valence-corrected chi connectivity index (χ1v) is 4.20. The lowest BCUT2D eigenvalue weighted by molar-refractivity contribution is -0.126. The van der Waals surface area contributed by atoms with Crippen molar-refractivity contribution in [3.05, 3.63) is 0 Å². The fraction of sp³-hybridized carbons (Fsp3) is 0.875. The second-order valence-corrected chi connectivity index (χ2v) is 3.11. The van der Waals surface area contributed by atoms with Crippen LogP contribution in [0, 0.1) is 0 Å². The molecule has 0 aromatic rings. The molecule has 0 heterocycles. The summed E-state index contributed by atoms with van der Waals surface area (Å²) in [7, 11) is 1.48. The molecule has 1 fully saturated rings. The van der Waals surface area contributed by atoms with Crippen molar-refractivity contribution in [1.29, 1.82) is 0 Å². The van der Waals surface area contributed by atoms with E-state index in [2.05, 4.69) is 10.1 Å². The van der Waals surface area contributed by atoms with Gasteiger partial charge in [0, 0.05) is 7.11 Å². The molecule has 0 radical (unpaired) electrons. The highest BCUT2D eigenvalue weighted by molar-refractivity contribution is 5.77. The van der Waals surface area contributed by atoms with E-state index in [1.807, 2.05) is 0 Å². The van der Waals surface area contributed by atoms with E-state index in [0.717, 1.165) is 19.3 Å². The smallest absolute Gasteiger partial charge is 0.246 e. The van der Waals surface area contributed by atoms with Gasteiger partial charge in [-0.15, -0.1) is 0 Å². The van der Waals surface area contributed by atoms with Gasteiger partial charge in [-0.3, -0.25) is 4.79 Å². The standard InChI is InChI=1S/C8H15NO3/c1-12-5-8(11)9-6-3-2-4-7(6)10/h6-7,10H,2-5H2,1H3,(H,9,11)/t6?,7-/m1/s1. The number of nitrogens with one attached hydrogen (secondary N) is 1. The van der Waals surface area contributed by atoms with Crippen molar-refractivity contribution in [3.63, 3.8) is 0 Å². The van der Waals surface area contributed by atoms with Crippen LogP contribution in [0.15, 0.2) is 0 Å². The first-order chi connectivity index (χ1) is 5.74. The molecule has 2 atom stereocenters. The number of amides is 1. The second kappa shape index (κ2) is 4.42. The quantitative estimate of drug-likeness (QED) is 0.614. The summed E-state index contributed by atoms with van der Waals surface area (Å²) < 4.78 is 4.66. The van der Waals surface area contributed by atoms with Crippen molar-refractivity contribution in [2.45, 2.75) is 31.4 Å². The van der Waals surface area contributed by atoms with Crippen molar-refractivity contribution in [3.8, 4) is 0 Å². The van der Waals surface area contributed by atoms with Crippen LogP contribution in [0.3, 0.4) is 0 Å². The van der Waals surface area contributed by atoms with Gasteiger partial charge < -0.3 is 15.2 Å². The SMILES string of the molecule is COCC(=O)NC1CCC[C@H]1O. The molecule has 4 nitrogen and oxygen atoms in total. The molecule has 1 rings (SSSR count). The summed E-state index contributed by atoms with van der Waals surface area (Å²) in [6.07, 6.45) is 2.28. The molecule has 0 aliphatic heterocycles. The van der Waals surface area contributed by atoms with Gasteiger partial charge in [0.15, 0.2) is 0 Å². The van der Waals surface area contributed by atoms with Crippen LogP contribution in [0.4, 0.5) is 0 Å². The van der Waals surface area contributed by atoms with E-state index in [0.29, 0.717) is 0 Å². The van der Waals surface area contributed by atoms with Gasteiger partial charge in [0.2, 0.25) is 5.91 Å².